The highest BCUT2D eigenvalue weighted by molar-refractivity contribution is 5.81. The second-order valence-electron chi connectivity index (χ2n) is 7.35. The summed E-state index contributed by atoms with van der Waals surface area (Å²) >= 11 is 0. The zero-order chi connectivity index (χ0) is 18.5. The SMILES string of the molecule is C[C@H](NC(=O)C[C@H]1CC[C@H](NC(=O)C2CC2)[C@H](CO)O1)c1ccccc1. The Balaban J connectivity index is 1.46. The summed E-state index contributed by atoms with van der Waals surface area (Å²) in [6.07, 6.45) is 2.89. The van der Waals surface area contributed by atoms with Gasteiger partial charge in [0.2, 0.25) is 11.8 Å². The van der Waals surface area contributed by atoms with Gasteiger partial charge in [-0.2, -0.15) is 0 Å². The van der Waals surface area contributed by atoms with E-state index in [0.29, 0.717) is 6.42 Å². The number of hydrogen-bond donors (Lipinski definition) is 3. The van der Waals surface area contributed by atoms with Crippen LogP contribution in [0, 0.1) is 5.92 Å². The second-order valence-corrected chi connectivity index (χ2v) is 7.35. The Morgan fingerprint density at radius 1 is 1.19 bits per heavy atom. The third-order valence-corrected chi connectivity index (χ3v) is 5.16. The number of aliphatic hydroxyl groups excluding tert-OH is 1. The third kappa shape index (κ3) is 5.05. The van der Waals surface area contributed by atoms with Crippen LogP contribution in [0.2, 0.25) is 0 Å². The molecule has 2 amide bonds. The van der Waals surface area contributed by atoms with Crippen molar-refractivity contribution in [2.24, 2.45) is 5.92 Å². The minimum Gasteiger partial charge on any atom is -0.394 e. The highest BCUT2D eigenvalue weighted by Gasteiger charge is 2.36. The molecule has 0 bridgehead atoms. The van der Waals surface area contributed by atoms with Crippen molar-refractivity contribution in [3.63, 3.8) is 0 Å². The number of carbonyl (C=O) groups excluding carboxylic acids is 2. The molecule has 0 radical (unpaired) electrons. The normalized spacial score (nSPS) is 26.8. The van der Waals surface area contributed by atoms with Crippen LogP contribution in [0.4, 0.5) is 0 Å². The van der Waals surface area contributed by atoms with Crippen LogP contribution in [0.15, 0.2) is 30.3 Å². The lowest BCUT2D eigenvalue weighted by molar-refractivity contribution is -0.136. The van der Waals surface area contributed by atoms with E-state index in [1.54, 1.807) is 0 Å². The molecular weight excluding hydrogens is 332 g/mol. The van der Waals surface area contributed by atoms with Crippen LogP contribution < -0.4 is 10.6 Å². The first-order valence-corrected chi connectivity index (χ1v) is 9.47. The first kappa shape index (κ1) is 18.9. The van der Waals surface area contributed by atoms with Gasteiger partial charge < -0.3 is 20.5 Å². The Bertz CT molecular complexity index is 617. The summed E-state index contributed by atoms with van der Waals surface area (Å²) in [5.74, 6) is 0.130. The van der Waals surface area contributed by atoms with Crippen LogP contribution in [0.25, 0.3) is 0 Å². The average Bonchev–Trinajstić information content (AvgIpc) is 3.48. The summed E-state index contributed by atoms with van der Waals surface area (Å²) in [5, 5.41) is 15.6. The molecule has 1 saturated heterocycles. The first-order valence-electron chi connectivity index (χ1n) is 9.47. The van der Waals surface area contributed by atoms with Crippen LogP contribution in [0.5, 0.6) is 0 Å². The summed E-state index contributed by atoms with van der Waals surface area (Å²) < 4.78 is 5.88. The van der Waals surface area contributed by atoms with Gasteiger partial charge in [-0.05, 0) is 38.2 Å². The molecule has 3 rings (SSSR count). The molecule has 1 aromatic rings. The molecule has 6 heteroatoms. The van der Waals surface area contributed by atoms with Crippen molar-refractivity contribution in [3.05, 3.63) is 35.9 Å². The van der Waals surface area contributed by atoms with E-state index < -0.39 is 6.10 Å². The summed E-state index contributed by atoms with van der Waals surface area (Å²) in [7, 11) is 0. The molecule has 1 aliphatic carbocycles. The summed E-state index contributed by atoms with van der Waals surface area (Å²) in [4.78, 5) is 24.3. The van der Waals surface area contributed by atoms with Crippen molar-refractivity contribution in [1.29, 1.82) is 0 Å². The van der Waals surface area contributed by atoms with Gasteiger partial charge in [0.15, 0.2) is 0 Å². The average molecular weight is 360 g/mol. The molecule has 0 unspecified atom stereocenters. The molecule has 1 aromatic carbocycles. The minimum absolute atomic E-state index is 0.0601. The molecular formula is C20H28N2O4. The second kappa shape index (κ2) is 8.64. The van der Waals surface area contributed by atoms with Gasteiger partial charge in [0.05, 0.1) is 31.2 Å². The molecule has 1 aliphatic heterocycles. The number of benzene rings is 1. The number of aliphatic hydroxyl groups is 1. The molecule has 1 saturated carbocycles. The largest absolute Gasteiger partial charge is 0.394 e. The Morgan fingerprint density at radius 2 is 1.92 bits per heavy atom. The number of hydrogen-bond acceptors (Lipinski definition) is 4. The lowest BCUT2D eigenvalue weighted by atomic mass is 9.96. The monoisotopic (exact) mass is 360 g/mol. The fraction of sp³-hybridized carbons (Fsp3) is 0.600. The van der Waals surface area contributed by atoms with Crippen LogP contribution >= 0.6 is 0 Å². The highest BCUT2D eigenvalue weighted by atomic mass is 16.5. The van der Waals surface area contributed by atoms with Crippen molar-refractivity contribution in [2.45, 2.75) is 63.3 Å². The van der Waals surface area contributed by atoms with Crippen LogP contribution in [-0.4, -0.2) is 41.8 Å². The molecule has 3 N–H and O–H groups in total. The number of amides is 2. The fourth-order valence-corrected chi connectivity index (χ4v) is 3.43. The molecule has 142 valence electrons. The van der Waals surface area contributed by atoms with Crippen molar-refractivity contribution in [3.8, 4) is 0 Å². The van der Waals surface area contributed by atoms with E-state index in [0.717, 1.165) is 24.8 Å². The Kier molecular flexibility index (Phi) is 6.27. The summed E-state index contributed by atoms with van der Waals surface area (Å²) in [6, 6.07) is 9.58. The molecule has 2 aliphatic rings. The van der Waals surface area contributed by atoms with Crippen LogP contribution in [0.3, 0.4) is 0 Å². The van der Waals surface area contributed by atoms with E-state index in [4.69, 9.17) is 4.74 Å². The summed E-state index contributed by atoms with van der Waals surface area (Å²) in [5.41, 5.74) is 1.06. The molecule has 4 atom stereocenters. The molecule has 26 heavy (non-hydrogen) atoms. The summed E-state index contributed by atoms with van der Waals surface area (Å²) in [6.45, 7) is 1.79. The first-order chi connectivity index (χ1) is 12.6. The number of carbonyl (C=O) groups is 2. The van der Waals surface area contributed by atoms with Gasteiger partial charge in [0.25, 0.3) is 0 Å². The Hall–Kier alpha value is -1.92. The quantitative estimate of drug-likeness (QED) is 0.690. The number of ether oxygens (including phenoxy) is 1. The van der Waals surface area contributed by atoms with Crippen LogP contribution in [0.1, 0.15) is 50.6 Å². The van der Waals surface area contributed by atoms with Gasteiger partial charge >= 0.3 is 0 Å². The van der Waals surface area contributed by atoms with Crippen molar-refractivity contribution < 1.29 is 19.4 Å². The van der Waals surface area contributed by atoms with Gasteiger partial charge in [0, 0.05) is 5.92 Å². The standard InChI is InChI=1S/C20H28N2O4/c1-13(14-5-3-2-4-6-14)21-19(24)11-16-9-10-17(18(12-23)26-16)22-20(25)15-7-8-15/h2-6,13,15-18,23H,7-12H2,1H3,(H,21,24)(H,22,25)/t13-,16+,17-,18-/m0/s1. The van der Waals surface area contributed by atoms with Gasteiger partial charge in [-0.3, -0.25) is 9.59 Å². The molecule has 1 heterocycles. The minimum atomic E-state index is -0.448. The van der Waals surface area contributed by atoms with Crippen molar-refractivity contribution in [1.82, 2.24) is 10.6 Å². The van der Waals surface area contributed by atoms with Gasteiger partial charge in [-0.25, -0.2) is 0 Å². The molecule has 6 nitrogen and oxygen atoms in total. The zero-order valence-electron chi connectivity index (χ0n) is 15.2. The number of rotatable bonds is 7. The molecule has 0 aromatic heterocycles. The van der Waals surface area contributed by atoms with Gasteiger partial charge in [0.1, 0.15) is 6.10 Å². The molecule has 0 spiro atoms. The van der Waals surface area contributed by atoms with E-state index in [1.807, 2.05) is 37.3 Å². The smallest absolute Gasteiger partial charge is 0.223 e. The highest BCUT2D eigenvalue weighted by Crippen LogP contribution is 2.30. The lowest BCUT2D eigenvalue weighted by Crippen LogP contribution is -2.51. The van der Waals surface area contributed by atoms with Crippen molar-refractivity contribution >= 4 is 11.8 Å². The Labute approximate surface area is 154 Å². The van der Waals surface area contributed by atoms with Crippen molar-refractivity contribution in [2.75, 3.05) is 6.61 Å². The Morgan fingerprint density at radius 3 is 2.58 bits per heavy atom. The van der Waals surface area contributed by atoms with E-state index in [9.17, 15) is 14.7 Å². The van der Waals surface area contributed by atoms with Crippen LogP contribution in [-0.2, 0) is 14.3 Å². The lowest BCUT2D eigenvalue weighted by Gasteiger charge is -2.36. The maximum atomic E-state index is 12.3. The van der Waals surface area contributed by atoms with E-state index in [2.05, 4.69) is 10.6 Å². The van der Waals surface area contributed by atoms with Gasteiger partial charge in [-0.15, -0.1) is 0 Å². The predicted molar refractivity (Wildman–Crippen MR) is 97.3 cm³/mol. The molecule has 2 fully saturated rings. The fourth-order valence-electron chi connectivity index (χ4n) is 3.43. The number of nitrogens with one attached hydrogen (secondary N) is 2. The van der Waals surface area contributed by atoms with E-state index >= 15 is 0 Å². The predicted octanol–water partition coefficient (Wildman–Crippen LogP) is 1.69. The maximum Gasteiger partial charge on any atom is 0.223 e. The van der Waals surface area contributed by atoms with E-state index in [1.165, 1.54) is 0 Å². The van der Waals surface area contributed by atoms with E-state index in [-0.39, 0.29) is 48.9 Å². The topological polar surface area (TPSA) is 87.7 Å². The third-order valence-electron chi connectivity index (χ3n) is 5.16. The maximum absolute atomic E-state index is 12.3. The zero-order valence-corrected chi connectivity index (χ0v) is 15.2. The van der Waals surface area contributed by atoms with Gasteiger partial charge in [-0.1, -0.05) is 30.3 Å².